The summed E-state index contributed by atoms with van der Waals surface area (Å²) in [6.45, 7) is -0.508. The minimum absolute atomic E-state index is 0.0779. The van der Waals surface area contributed by atoms with Crippen molar-refractivity contribution in [3.63, 3.8) is 0 Å². The third-order valence-corrected chi connectivity index (χ3v) is 6.82. The standard InChI is InChI=1S/C16H15ClFNO3S/c17-11-4-6-13(7-5-11)23(21,22)15-14(16(15,19)9-20)10-2-1-3-12(18)8-10/h1-8,14-15,20H,9,19H2/t14-,15-,16+/m0/s1. The van der Waals surface area contributed by atoms with Crippen molar-refractivity contribution in [3.05, 3.63) is 64.9 Å². The van der Waals surface area contributed by atoms with E-state index in [0.29, 0.717) is 10.6 Å². The van der Waals surface area contributed by atoms with Crippen LogP contribution in [0.3, 0.4) is 0 Å². The van der Waals surface area contributed by atoms with Crippen LogP contribution in [0, 0.1) is 5.82 Å². The summed E-state index contributed by atoms with van der Waals surface area (Å²) in [7, 11) is -3.78. The molecular weight excluding hydrogens is 341 g/mol. The molecule has 0 radical (unpaired) electrons. The summed E-state index contributed by atoms with van der Waals surface area (Å²) in [6, 6.07) is 11.4. The highest BCUT2D eigenvalue weighted by atomic mass is 35.5. The highest BCUT2D eigenvalue weighted by Crippen LogP contribution is 2.55. The van der Waals surface area contributed by atoms with Gasteiger partial charge < -0.3 is 10.8 Å². The monoisotopic (exact) mass is 355 g/mol. The summed E-state index contributed by atoms with van der Waals surface area (Å²) >= 11 is 5.78. The van der Waals surface area contributed by atoms with Crippen molar-refractivity contribution < 1.29 is 17.9 Å². The molecule has 3 rings (SSSR count). The van der Waals surface area contributed by atoms with Crippen LogP contribution in [0.25, 0.3) is 0 Å². The number of hydrogen-bond donors (Lipinski definition) is 2. The molecule has 1 aliphatic rings. The molecule has 2 aromatic rings. The number of aliphatic hydroxyl groups excluding tert-OH is 1. The van der Waals surface area contributed by atoms with Crippen LogP contribution in [0.5, 0.6) is 0 Å². The predicted molar refractivity (Wildman–Crippen MR) is 85.6 cm³/mol. The molecule has 3 atom stereocenters. The van der Waals surface area contributed by atoms with E-state index in [4.69, 9.17) is 17.3 Å². The Balaban J connectivity index is 2.03. The molecule has 7 heteroatoms. The number of sulfone groups is 1. The van der Waals surface area contributed by atoms with Gasteiger partial charge in [0.15, 0.2) is 9.84 Å². The highest BCUT2D eigenvalue weighted by molar-refractivity contribution is 7.92. The summed E-state index contributed by atoms with van der Waals surface area (Å²) in [6.07, 6.45) is 0. The van der Waals surface area contributed by atoms with Crippen molar-refractivity contribution in [3.8, 4) is 0 Å². The van der Waals surface area contributed by atoms with Gasteiger partial charge in [-0.05, 0) is 42.0 Å². The van der Waals surface area contributed by atoms with Crippen molar-refractivity contribution in [2.45, 2.75) is 21.6 Å². The average molecular weight is 356 g/mol. The van der Waals surface area contributed by atoms with Crippen molar-refractivity contribution in [1.29, 1.82) is 0 Å². The number of benzene rings is 2. The molecule has 2 aromatic carbocycles. The van der Waals surface area contributed by atoms with E-state index in [1.807, 2.05) is 0 Å². The first-order valence-electron chi connectivity index (χ1n) is 6.95. The summed E-state index contributed by atoms with van der Waals surface area (Å²) in [5, 5.41) is 8.99. The van der Waals surface area contributed by atoms with Crippen LogP contribution < -0.4 is 5.73 Å². The maximum Gasteiger partial charge on any atom is 0.183 e. The van der Waals surface area contributed by atoms with Gasteiger partial charge in [-0.3, -0.25) is 0 Å². The molecular formula is C16H15ClFNO3S. The van der Waals surface area contributed by atoms with Crippen LogP contribution in [-0.4, -0.2) is 30.9 Å². The fourth-order valence-corrected chi connectivity index (χ4v) is 5.46. The zero-order valence-corrected chi connectivity index (χ0v) is 13.6. The largest absolute Gasteiger partial charge is 0.394 e. The molecule has 122 valence electrons. The normalized spacial score (nSPS) is 27.0. The lowest BCUT2D eigenvalue weighted by Gasteiger charge is -2.08. The zero-order valence-electron chi connectivity index (χ0n) is 12.0. The fraction of sp³-hybridized carbons (Fsp3) is 0.250. The molecule has 0 bridgehead atoms. The highest BCUT2D eigenvalue weighted by Gasteiger charge is 2.69. The molecule has 0 amide bonds. The van der Waals surface area contributed by atoms with Crippen LogP contribution >= 0.6 is 11.6 Å². The number of aliphatic hydroxyl groups is 1. The van der Waals surface area contributed by atoms with E-state index < -0.39 is 39.0 Å². The van der Waals surface area contributed by atoms with Crippen LogP contribution in [0.15, 0.2) is 53.4 Å². The first-order valence-corrected chi connectivity index (χ1v) is 8.88. The molecule has 0 heterocycles. The third-order valence-electron chi connectivity index (χ3n) is 4.26. The Bertz CT molecular complexity index is 841. The van der Waals surface area contributed by atoms with Crippen molar-refractivity contribution >= 4 is 21.4 Å². The minimum Gasteiger partial charge on any atom is -0.394 e. The molecule has 0 aromatic heterocycles. The quantitative estimate of drug-likeness (QED) is 0.880. The second kappa shape index (κ2) is 5.56. The summed E-state index contributed by atoms with van der Waals surface area (Å²) in [5.41, 5.74) is 5.23. The number of rotatable bonds is 4. The van der Waals surface area contributed by atoms with Gasteiger partial charge in [-0.2, -0.15) is 0 Å². The van der Waals surface area contributed by atoms with Crippen molar-refractivity contribution in [2.24, 2.45) is 5.73 Å². The lowest BCUT2D eigenvalue weighted by molar-refractivity contribution is 0.253. The molecule has 3 N–H and O–H groups in total. The first kappa shape index (κ1) is 16.4. The Labute approximate surface area is 138 Å². The number of halogens is 2. The van der Waals surface area contributed by atoms with Crippen LogP contribution in [0.1, 0.15) is 11.5 Å². The van der Waals surface area contributed by atoms with Gasteiger partial charge in [-0.1, -0.05) is 23.7 Å². The summed E-state index contributed by atoms with van der Waals surface area (Å²) in [5.74, 6) is -1.14. The molecule has 4 nitrogen and oxygen atoms in total. The maximum atomic E-state index is 13.4. The average Bonchev–Trinajstić information content (AvgIpc) is 3.15. The van der Waals surface area contributed by atoms with Gasteiger partial charge in [-0.15, -0.1) is 0 Å². The molecule has 1 fully saturated rings. The Kier molecular flexibility index (Phi) is 3.96. The lowest BCUT2D eigenvalue weighted by atomic mass is 10.1. The molecule has 0 aliphatic heterocycles. The lowest BCUT2D eigenvalue weighted by Crippen LogP contribution is -2.35. The zero-order chi connectivity index (χ0) is 16.8. The van der Waals surface area contributed by atoms with Gasteiger partial charge >= 0.3 is 0 Å². The molecule has 0 spiro atoms. The number of hydrogen-bond acceptors (Lipinski definition) is 4. The SMILES string of the molecule is N[C@]1(CO)[C@@H](c2cccc(F)c2)[C@@H]1S(=O)(=O)c1ccc(Cl)cc1. The van der Waals surface area contributed by atoms with E-state index in [1.165, 1.54) is 42.5 Å². The molecule has 23 heavy (non-hydrogen) atoms. The third kappa shape index (κ3) is 2.65. The van der Waals surface area contributed by atoms with E-state index in [0.717, 1.165) is 0 Å². The van der Waals surface area contributed by atoms with Gasteiger partial charge in [0.2, 0.25) is 0 Å². The molecule has 0 unspecified atom stereocenters. The van der Waals surface area contributed by atoms with E-state index >= 15 is 0 Å². The van der Waals surface area contributed by atoms with Gasteiger partial charge in [0.1, 0.15) is 5.82 Å². The Morgan fingerprint density at radius 3 is 2.43 bits per heavy atom. The van der Waals surface area contributed by atoms with Crippen molar-refractivity contribution in [2.75, 3.05) is 6.61 Å². The van der Waals surface area contributed by atoms with Crippen LogP contribution in [-0.2, 0) is 9.84 Å². The van der Waals surface area contributed by atoms with Gasteiger partial charge in [0, 0.05) is 10.9 Å². The van der Waals surface area contributed by atoms with E-state index in [2.05, 4.69) is 0 Å². The maximum absolute atomic E-state index is 13.4. The molecule has 0 saturated heterocycles. The number of nitrogens with two attached hydrogens (primary N) is 1. The predicted octanol–water partition coefficient (Wildman–Crippen LogP) is 2.11. The Hall–Kier alpha value is -1.47. The molecule has 1 aliphatic carbocycles. The first-order chi connectivity index (χ1) is 10.8. The fourth-order valence-electron chi connectivity index (χ4n) is 3.04. The van der Waals surface area contributed by atoms with E-state index in [9.17, 15) is 17.9 Å². The van der Waals surface area contributed by atoms with Gasteiger partial charge in [-0.25, -0.2) is 12.8 Å². The topological polar surface area (TPSA) is 80.4 Å². The van der Waals surface area contributed by atoms with Crippen LogP contribution in [0.2, 0.25) is 5.02 Å². The van der Waals surface area contributed by atoms with Crippen LogP contribution in [0.4, 0.5) is 4.39 Å². The van der Waals surface area contributed by atoms with Gasteiger partial charge in [0.25, 0.3) is 0 Å². The Morgan fingerprint density at radius 1 is 1.22 bits per heavy atom. The van der Waals surface area contributed by atoms with Gasteiger partial charge in [0.05, 0.1) is 22.3 Å². The van der Waals surface area contributed by atoms with E-state index in [1.54, 1.807) is 6.07 Å². The van der Waals surface area contributed by atoms with E-state index in [-0.39, 0.29) is 4.90 Å². The molecule has 1 saturated carbocycles. The summed E-state index contributed by atoms with van der Waals surface area (Å²) < 4.78 is 39.1. The smallest absolute Gasteiger partial charge is 0.183 e. The summed E-state index contributed by atoms with van der Waals surface area (Å²) in [4.78, 5) is 0.0779. The second-order valence-electron chi connectivity index (χ2n) is 5.72. The van der Waals surface area contributed by atoms with Crippen molar-refractivity contribution in [1.82, 2.24) is 0 Å². The minimum atomic E-state index is -3.78. The Morgan fingerprint density at radius 2 is 1.87 bits per heavy atom. The second-order valence-corrected chi connectivity index (χ2v) is 8.23.